The lowest BCUT2D eigenvalue weighted by Crippen LogP contribution is -1.80. The SMILES string of the molecule is Cc1ccccc1-c1oc(C=O)cc1Br. The summed E-state index contributed by atoms with van der Waals surface area (Å²) < 4.78 is 6.22. The molecule has 2 aromatic rings. The second kappa shape index (κ2) is 4.03. The molecule has 0 N–H and O–H groups in total. The fourth-order valence-corrected chi connectivity index (χ4v) is 1.98. The van der Waals surface area contributed by atoms with Crippen LogP contribution < -0.4 is 0 Å². The molecule has 0 spiro atoms. The molecule has 0 aliphatic carbocycles. The molecule has 76 valence electrons. The Hall–Kier alpha value is -1.35. The first-order valence-corrected chi connectivity index (χ1v) is 5.32. The lowest BCUT2D eigenvalue weighted by atomic mass is 10.1. The Morgan fingerprint density at radius 3 is 2.67 bits per heavy atom. The summed E-state index contributed by atoms with van der Waals surface area (Å²) in [5.41, 5.74) is 2.11. The predicted octanol–water partition coefficient (Wildman–Crippen LogP) is 3.83. The van der Waals surface area contributed by atoms with Gasteiger partial charge in [0, 0.05) is 11.6 Å². The van der Waals surface area contributed by atoms with E-state index in [0.29, 0.717) is 17.8 Å². The number of aldehydes is 1. The number of halogens is 1. The van der Waals surface area contributed by atoms with Gasteiger partial charge in [-0.3, -0.25) is 4.79 Å². The number of hydrogen-bond acceptors (Lipinski definition) is 2. The van der Waals surface area contributed by atoms with E-state index in [1.54, 1.807) is 6.07 Å². The van der Waals surface area contributed by atoms with Gasteiger partial charge in [0.15, 0.2) is 12.0 Å². The molecule has 1 aromatic carbocycles. The maximum atomic E-state index is 10.6. The summed E-state index contributed by atoms with van der Waals surface area (Å²) in [7, 11) is 0. The van der Waals surface area contributed by atoms with E-state index in [2.05, 4.69) is 15.9 Å². The van der Waals surface area contributed by atoms with Gasteiger partial charge >= 0.3 is 0 Å². The van der Waals surface area contributed by atoms with E-state index < -0.39 is 0 Å². The summed E-state index contributed by atoms with van der Waals surface area (Å²) in [6.45, 7) is 2.00. The zero-order valence-corrected chi connectivity index (χ0v) is 9.74. The highest BCUT2D eigenvalue weighted by Gasteiger charge is 2.11. The Balaban J connectivity index is 2.58. The third-order valence-corrected chi connectivity index (χ3v) is 2.80. The molecule has 0 fully saturated rings. The van der Waals surface area contributed by atoms with Gasteiger partial charge < -0.3 is 4.42 Å². The van der Waals surface area contributed by atoms with E-state index in [4.69, 9.17) is 4.42 Å². The molecule has 15 heavy (non-hydrogen) atoms. The molecule has 0 bridgehead atoms. The minimum atomic E-state index is 0.333. The smallest absolute Gasteiger partial charge is 0.185 e. The molecule has 2 rings (SSSR count). The summed E-state index contributed by atoms with van der Waals surface area (Å²) in [5.74, 6) is 1.04. The van der Waals surface area contributed by atoms with Crippen molar-refractivity contribution in [1.29, 1.82) is 0 Å². The molecule has 0 atom stereocenters. The molecule has 3 heteroatoms. The van der Waals surface area contributed by atoms with Crippen molar-refractivity contribution in [3.8, 4) is 11.3 Å². The first-order valence-electron chi connectivity index (χ1n) is 4.53. The molecule has 0 unspecified atom stereocenters. The average molecular weight is 265 g/mol. The molecule has 0 aliphatic heterocycles. The van der Waals surface area contributed by atoms with E-state index >= 15 is 0 Å². The maximum Gasteiger partial charge on any atom is 0.185 e. The van der Waals surface area contributed by atoms with E-state index in [-0.39, 0.29) is 0 Å². The number of carbonyl (C=O) groups excluding carboxylic acids is 1. The fraction of sp³-hybridized carbons (Fsp3) is 0.0833. The quantitative estimate of drug-likeness (QED) is 0.772. The van der Waals surface area contributed by atoms with Crippen molar-refractivity contribution in [3.05, 3.63) is 46.1 Å². The van der Waals surface area contributed by atoms with Gasteiger partial charge in [0.25, 0.3) is 0 Å². The van der Waals surface area contributed by atoms with E-state index in [0.717, 1.165) is 15.6 Å². The van der Waals surface area contributed by atoms with E-state index in [1.807, 2.05) is 31.2 Å². The van der Waals surface area contributed by atoms with Crippen LogP contribution in [0, 0.1) is 6.92 Å². The molecule has 0 aliphatic rings. The molecular weight excluding hydrogens is 256 g/mol. The third kappa shape index (κ3) is 1.88. The summed E-state index contributed by atoms with van der Waals surface area (Å²) >= 11 is 3.38. The van der Waals surface area contributed by atoms with Crippen molar-refractivity contribution >= 4 is 22.2 Å². The minimum Gasteiger partial charge on any atom is -0.452 e. The second-order valence-electron chi connectivity index (χ2n) is 3.26. The summed E-state index contributed by atoms with van der Waals surface area (Å²) in [6, 6.07) is 9.56. The molecule has 0 saturated heterocycles. The van der Waals surface area contributed by atoms with Gasteiger partial charge in [-0.1, -0.05) is 24.3 Å². The molecule has 1 aromatic heterocycles. The van der Waals surface area contributed by atoms with Crippen LogP contribution in [-0.4, -0.2) is 6.29 Å². The predicted molar refractivity (Wildman–Crippen MR) is 62.0 cm³/mol. The van der Waals surface area contributed by atoms with Gasteiger partial charge in [-0.05, 0) is 28.4 Å². The highest BCUT2D eigenvalue weighted by Crippen LogP contribution is 2.32. The Bertz CT molecular complexity index is 500. The standard InChI is InChI=1S/C12H9BrO2/c1-8-4-2-3-5-10(8)12-11(13)6-9(7-14)15-12/h2-7H,1H3. The Kier molecular flexibility index (Phi) is 2.73. The molecule has 2 nitrogen and oxygen atoms in total. The number of furan rings is 1. The number of rotatable bonds is 2. The Morgan fingerprint density at radius 1 is 1.33 bits per heavy atom. The van der Waals surface area contributed by atoms with Crippen molar-refractivity contribution in [2.45, 2.75) is 6.92 Å². The van der Waals surface area contributed by atoms with Crippen LogP contribution in [0.25, 0.3) is 11.3 Å². The van der Waals surface area contributed by atoms with Crippen LogP contribution in [0.15, 0.2) is 39.2 Å². The molecule has 1 heterocycles. The van der Waals surface area contributed by atoms with Gasteiger partial charge in [-0.15, -0.1) is 0 Å². The second-order valence-corrected chi connectivity index (χ2v) is 4.11. The van der Waals surface area contributed by atoms with Crippen molar-refractivity contribution < 1.29 is 9.21 Å². The normalized spacial score (nSPS) is 10.3. The van der Waals surface area contributed by atoms with Crippen LogP contribution in [0.2, 0.25) is 0 Å². The van der Waals surface area contributed by atoms with E-state index in [9.17, 15) is 4.79 Å². The summed E-state index contributed by atoms with van der Waals surface area (Å²) in [6.07, 6.45) is 0.701. The number of benzene rings is 1. The van der Waals surface area contributed by atoms with Crippen LogP contribution in [0.4, 0.5) is 0 Å². The number of hydrogen-bond donors (Lipinski definition) is 0. The summed E-state index contributed by atoms with van der Waals surface area (Å²) in [4.78, 5) is 10.6. The largest absolute Gasteiger partial charge is 0.452 e. The van der Waals surface area contributed by atoms with Crippen molar-refractivity contribution in [3.63, 3.8) is 0 Å². The van der Waals surface area contributed by atoms with Gasteiger partial charge in [0.05, 0.1) is 4.47 Å². The molecular formula is C12H9BrO2. The van der Waals surface area contributed by atoms with Crippen molar-refractivity contribution in [2.24, 2.45) is 0 Å². The Labute approximate surface area is 96.0 Å². The number of carbonyl (C=O) groups is 1. The molecule has 0 radical (unpaired) electrons. The molecule has 0 amide bonds. The maximum absolute atomic E-state index is 10.6. The Morgan fingerprint density at radius 2 is 2.07 bits per heavy atom. The highest BCUT2D eigenvalue weighted by molar-refractivity contribution is 9.10. The lowest BCUT2D eigenvalue weighted by molar-refractivity contribution is 0.110. The first kappa shape index (κ1) is 10.2. The van der Waals surface area contributed by atoms with Gasteiger partial charge in [0.1, 0.15) is 5.76 Å². The van der Waals surface area contributed by atoms with Crippen molar-refractivity contribution in [2.75, 3.05) is 0 Å². The van der Waals surface area contributed by atoms with Crippen LogP contribution in [-0.2, 0) is 0 Å². The van der Waals surface area contributed by atoms with Crippen LogP contribution in [0.5, 0.6) is 0 Å². The van der Waals surface area contributed by atoms with Crippen LogP contribution in [0.3, 0.4) is 0 Å². The zero-order valence-electron chi connectivity index (χ0n) is 8.16. The zero-order chi connectivity index (χ0) is 10.8. The first-order chi connectivity index (χ1) is 7.22. The summed E-state index contributed by atoms with van der Waals surface area (Å²) in [5, 5.41) is 0. The lowest BCUT2D eigenvalue weighted by Gasteiger charge is -2.01. The average Bonchev–Trinajstić information content (AvgIpc) is 2.60. The van der Waals surface area contributed by atoms with Gasteiger partial charge in [0.2, 0.25) is 0 Å². The molecule has 0 saturated carbocycles. The minimum absolute atomic E-state index is 0.333. The highest BCUT2D eigenvalue weighted by atomic mass is 79.9. The van der Waals surface area contributed by atoms with Crippen LogP contribution >= 0.6 is 15.9 Å². The topological polar surface area (TPSA) is 30.2 Å². The monoisotopic (exact) mass is 264 g/mol. The van der Waals surface area contributed by atoms with Gasteiger partial charge in [-0.2, -0.15) is 0 Å². The fourth-order valence-electron chi connectivity index (χ4n) is 1.46. The van der Waals surface area contributed by atoms with Crippen molar-refractivity contribution in [1.82, 2.24) is 0 Å². The van der Waals surface area contributed by atoms with Gasteiger partial charge in [-0.25, -0.2) is 0 Å². The van der Waals surface area contributed by atoms with E-state index in [1.165, 1.54) is 0 Å². The number of aryl methyl sites for hydroxylation is 1. The van der Waals surface area contributed by atoms with Crippen LogP contribution in [0.1, 0.15) is 16.1 Å². The third-order valence-electron chi connectivity index (χ3n) is 2.21.